The van der Waals surface area contributed by atoms with Crippen LogP contribution >= 0.6 is 0 Å². The predicted molar refractivity (Wildman–Crippen MR) is 48.0 cm³/mol. The SMILES string of the molecule is O=[N+]([O-])c1cccnc1-n1ccnc1. The normalized spacial score (nSPS) is 10.0. The second-order valence-corrected chi connectivity index (χ2v) is 2.57. The van der Waals surface area contributed by atoms with Gasteiger partial charge in [-0.15, -0.1) is 0 Å². The van der Waals surface area contributed by atoms with Crippen LogP contribution in [0.4, 0.5) is 5.69 Å². The fourth-order valence-electron chi connectivity index (χ4n) is 1.11. The molecule has 14 heavy (non-hydrogen) atoms. The predicted octanol–water partition coefficient (Wildman–Crippen LogP) is 1.18. The van der Waals surface area contributed by atoms with Crippen LogP contribution in [-0.4, -0.2) is 19.5 Å². The van der Waals surface area contributed by atoms with E-state index in [0.717, 1.165) is 0 Å². The van der Waals surface area contributed by atoms with Gasteiger partial charge >= 0.3 is 5.69 Å². The van der Waals surface area contributed by atoms with Crippen molar-refractivity contribution < 1.29 is 4.92 Å². The molecule has 0 aromatic carbocycles. The Morgan fingerprint density at radius 1 is 1.43 bits per heavy atom. The Morgan fingerprint density at radius 2 is 2.29 bits per heavy atom. The summed E-state index contributed by atoms with van der Waals surface area (Å²) in [5, 5.41) is 10.6. The smallest absolute Gasteiger partial charge is 0.285 e. The summed E-state index contributed by atoms with van der Waals surface area (Å²) in [6, 6.07) is 2.93. The molecule has 0 amide bonds. The summed E-state index contributed by atoms with van der Waals surface area (Å²) in [6.45, 7) is 0. The molecule has 0 saturated heterocycles. The molecule has 2 aromatic rings. The quantitative estimate of drug-likeness (QED) is 0.526. The first-order valence-corrected chi connectivity index (χ1v) is 3.87. The number of hydrogen-bond acceptors (Lipinski definition) is 4. The lowest BCUT2D eigenvalue weighted by Gasteiger charge is -2.00. The Bertz CT molecular complexity index is 452. The summed E-state index contributed by atoms with van der Waals surface area (Å²) in [7, 11) is 0. The van der Waals surface area contributed by atoms with Gasteiger partial charge in [0, 0.05) is 24.7 Å². The van der Waals surface area contributed by atoms with Crippen molar-refractivity contribution in [3.05, 3.63) is 47.2 Å². The van der Waals surface area contributed by atoms with Crippen LogP contribution < -0.4 is 0 Å². The lowest BCUT2D eigenvalue weighted by Crippen LogP contribution is -2.00. The van der Waals surface area contributed by atoms with Crippen LogP contribution in [0, 0.1) is 10.1 Å². The van der Waals surface area contributed by atoms with E-state index in [2.05, 4.69) is 9.97 Å². The highest BCUT2D eigenvalue weighted by atomic mass is 16.6. The van der Waals surface area contributed by atoms with Crippen LogP contribution in [0.5, 0.6) is 0 Å². The molecule has 0 bridgehead atoms. The number of pyridine rings is 1. The van der Waals surface area contributed by atoms with E-state index >= 15 is 0 Å². The lowest BCUT2D eigenvalue weighted by atomic mass is 10.4. The molecule has 6 nitrogen and oxygen atoms in total. The van der Waals surface area contributed by atoms with Crippen molar-refractivity contribution in [2.24, 2.45) is 0 Å². The topological polar surface area (TPSA) is 73.8 Å². The van der Waals surface area contributed by atoms with Gasteiger partial charge < -0.3 is 0 Å². The van der Waals surface area contributed by atoms with Crippen LogP contribution in [0.15, 0.2) is 37.1 Å². The first-order chi connectivity index (χ1) is 6.79. The third-order valence-corrected chi connectivity index (χ3v) is 1.71. The molecule has 0 radical (unpaired) electrons. The second-order valence-electron chi connectivity index (χ2n) is 2.57. The Kier molecular flexibility index (Phi) is 1.94. The lowest BCUT2D eigenvalue weighted by molar-refractivity contribution is -0.384. The van der Waals surface area contributed by atoms with Gasteiger partial charge in [0.2, 0.25) is 5.82 Å². The molecule has 0 N–H and O–H groups in total. The van der Waals surface area contributed by atoms with Crippen molar-refractivity contribution in [1.82, 2.24) is 14.5 Å². The van der Waals surface area contributed by atoms with Crippen LogP contribution in [-0.2, 0) is 0 Å². The van der Waals surface area contributed by atoms with Crippen LogP contribution in [0.1, 0.15) is 0 Å². The van der Waals surface area contributed by atoms with Crippen LogP contribution in [0.2, 0.25) is 0 Å². The Labute approximate surface area is 79.0 Å². The molecule has 0 aliphatic heterocycles. The number of imidazole rings is 1. The average molecular weight is 190 g/mol. The summed E-state index contributed by atoms with van der Waals surface area (Å²) in [5.74, 6) is 0.273. The van der Waals surface area contributed by atoms with Crippen molar-refractivity contribution in [1.29, 1.82) is 0 Å². The standard InChI is InChI=1S/C8H6N4O2/c13-12(14)7-2-1-3-10-8(7)11-5-4-9-6-11/h1-6H. The van der Waals surface area contributed by atoms with Crippen molar-refractivity contribution in [3.8, 4) is 5.82 Å². The molecule has 0 atom stereocenters. The zero-order valence-electron chi connectivity index (χ0n) is 7.07. The number of nitrogens with zero attached hydrogens (tertiary/aromatic N) is 4. The maximum Gasteiger partial charge on any atom is 0.312 e. The van der Waals surface area contributed by atoms with Gasteiger partial charge in [0.25, 0.3) is 0 Å². The van der Waals surface area contributed by atoms with Crippen LogP contribution in [0.3, 0.4) is 0 Å². The minimum absolute atomic E-state index is 0.0366. The van der Waals surface area contributed by atoms with E-state index in [1.807, 2.05) is 0 Å². The van der Waals surface area contributed by atoms with Gasteiger partial charge in [-0.1, -0.05) is 0 Å². The molecule has 0 unspecified atom stereocenters. The summed E-state index contributed by atoms with van der Waals surface area (Å²) in [5.41, 5.74) is -0.0366. The zero-order valence-corrected chi connectivity index (χ0v) is 7.07. The molecule has 2 rings (SSSR count). The van der Waals surface area contributed by atoms with E-state index in [9.17, 15) is 10.1 Å². The average Bonchev–Trinajstić information content (AvgIpc) is 2.70. The summed E-state index contributed by atoms with van der Waals surface area (Å²) >= 11 is 0. The van der Waals surface area contributed by atoms with Gasteiger partial charge in [-0.25, -0.2) is 9.97 Å². The Morgan fingerprint density at radius 3 is 2.93 bits per heavy atom. The second kappa shape index (κ2) is 3.25. The fourth-order valence-corrected chi connectivity index (χ4v) is 1.11. The van der Waals surface area contributed by atoms with Gasteiger partial charge in [0.1, 0.15) is 6.33 Å². The van der Waals surface area contributed by atoms with Crippen molar-refractivity contribution in [2.45, 2.75) is 0 Å². The zero-order chi connectivity index (χ0) is 9.97. The molecule has 0 spiro atoms. The number of hydrogen-bond donors (Lipinski definition) is 0. The molecule has 2 aromatic heterocycles. The third-order valence-electron chi connectivity index (χ3n) is 1.71. The molecular formula is C8H6N4O2. The largest absolute Gasteiger partial charge is 0.312 e. The van der Waals surface area contributed by atoms with Gasteiger partial charge in [-0.05, 0) is 6.07 Å². The van der Waals surface area contributed by atoms with E-state index in [-0.39, 0.29) is 11.5 Å². The minimum atomic E-state index is -0.470. The summed E-state index contributed by atoms with van der Waals surface area (Å²) in [4.78, 5) is 17.9. The number of rotatable bonds is 2. The highest BCUT2D eigenvalue weighted by molar-refractivity contribution is 5.45. The summed E-state index contributed by atoms with van der Waals surface area (Å²) in [6.07, 6.45) is 6.12. The van der Waals surface area contributed by atoms with E-state index in [4.69, 9.17) is 0 Å². The van der Waals surface area contributed by atoms with Gasteiger partial charge in [-0.2, -0.15) is 0 Å². The van der Waals surface area contributed by atoms with Gasteiger partial charge in [0.05, 0.1) is 4.92 Å². The van der Waals surface area contributed by atoms with Crippen LogP contribution in [0.25, 0.3) is 5.82 Å². The Balaban J connectivity index is 2.58. The molecule has 2 heterocycles. The summed E-state index contributed by atoms with van der Waals surface area (Å²) < 4.78 is 1.50. The monoisotopic (exact) mass is 190 g/mol. The fraction of sp³-hybridized carbons (Fsp3) is 0. The highest BCUT2D eigenvalue weighted by Crippen LogP contribution is 2.18. The number of nitro groups is 1. The van der Waals surface area contributed by atoms with Gasteiger partial charge in [-0.3, -0.25) is 14.7 Å². The first-order valence-electron chi connectivity index (χ1n) is 3.87. The molecule has 6 heteroatoms. The van der Waals surface area contributed by atoms with E-state index in [0.29, 0.717) is 0 Å². The highest BCUT2D eigenvalue weighted by Gasteiger charge is 2.14. The molecule has 0 aliphatic rings. The van der Waals surface area contributed by atoms with Crippen molar-refractivity contribution >= 4 is 5.69 Å². The first kappa shape index (κ1) is 8.36. The Hall–Kier alpha value is -2.24. The maximum atomic E-state index is 10.6. The molecule has 0 fully saturated rings. The van der Waals surface area contributed by atoms with Crippen molar-refractivity contribution in [3.63, 3.8) is 0 Å². The third kappa shape index (κ3) is 1.33. The van der Waals surface area contributed by atoms with Gasteiger partial charge in [0.15, 0.2) is 0 Å². The maximum absolute atomic E-state index is 10.6. The molecule has 0 saturated carbocycles. The van der Waals surface area contributed by atoms with E-state index < -0.39 is 4.92 Å². The van der Waals surface area contributed by atoms with Crippen molar-refractivity contribution in [2.75, 3.05) is 0 Å². The molecular weight excluding hydrogens is 184 g/mol. The molecule has 0 aliphatic carbocycles. The minimum Gasteiger partial charge on any atom is -0.285 e. The molecule has 70 valence electrons. The van der Waals surface area contributed by atoms with E-state index in [1.165, 1.54) is 29.2 Å². The van der Waals surface area contributed by atoms with E-state index in [1.54, 1.807) is 12.4 Å². The number of aromatic nitrogens is 3.